The molecule has 0 unspecified atom stereocenters. The summed E-state index contributed by atoms with van der Waals surface area (Å²) in [7, 11) is 0. The molecule has 0 radical (unpaired) electrons. The smallest absolute Gasteiger partial charge is 0.119 e. The van der Waals surface area contributed by atoms with Crippen LogP contribution in [0.2, 0.25) is 0 Å². The maximum absolute atomic E-state index is 10.3. The van der Waals surface area contributed by atoms with Crippen molar-refractivity contribution in [3.63, 3.8) is 0 Å². The zero-order valence-electron chi connectivity index (χ0n) is 16.6. The Labute approximate surface area is 155 Å². The molecule has 2 saturated carbocycles. The number of phenols is 1. The van der Waals surface area contributed by atoms with Gasteiger partial charge in [-0.3, -0.25) is 0 Å². The molecule has 0 bridgehead atoms. The molecule has 2 aliphatic rings. The fourth-order valence-corrected chi connectivity index (χ4v) is 4.41. The second kappa shape index (κ2) is 8.14. The number of rotatable bonds is 12. The first-order valence-corrected chi connectivity index (χ1v) is 10.9. The lowest BCUT2D eigenvalue weighted by molar-refractivity contribution is 0.423. The summed E-state index contributed by atoms with van der Waals surface area (Å²) >= 11 is 0. The lowest BCUT2D eigenvalue weighted by Gasteiger charge is -2.14. The average Bonchev–Trinajstić information content (AvgIpc) is 3.52. The summed E-state index contributed by atoms with van der Waals surface area (Å²) in [5.74, 6) is 0.527. The molecule has 1 aromatic carbocycles. The predicted molar refractivity (Wildman–Crippen MR) is 107 cm³/mol. The van der Waals surface area contributed by atoms with Crippen LogP contribution in [0.4, 0.5) is 0 Å². The van der Waals surface area contributed by atoms with Crippen LogP contribution in [0.1, 0.15) is 102 Å². The van der Waals surface area contributed by atoms with E-state index in [1.807, 2.05) is 12.1 Å². The van der Waals surface area contributed by atoms with Crippen molar-refractivity contribution >= 4 is 0 Å². The van der Waals surface area contributed by atoms with E-state index in [1.54, 1.807) is 0 Å². The van der Waals surface area contributed by atoms with Crippen molar-refractivity contribution in [2.75, 3.05) is 0 Å². The highest BCUT2D eigenvalue weighted by atomic mass is 16.3. The topological polar surface area (TPSA) is 20.2 Å². The summed E-state index contributed by atoms with van der Waals surface area (Å²) in [6.07, 6.45) is 18.7. The molecule has 1 nitrogen and oxygen atoms in total. The molecule has 0 aliphatic heterocycles. The van der Waals surface area contributed by atoms with Gasteiger partial charge in [0.15, 0.2) is 0 Å². The summed E-state index contributed by atoms with van der Waals surface area (Å²) in [5, 5.41) is 10.3. The van der Waals surface area contributed by atoms with E-state index in [0.717, 1.165) is 12.8 Å². The number of aryl methyl sites for hydroxylation is 1. The second-order valence-electron chi connectivity index (χ2n) is 9.35. The standard InChI is InChI=1S/C24H38O/c1-3-24(18-19-24)15-8-6-12-21-20(11-9-13-22(21)25)10-5-4-7-14-23(2)16-17-23/h9,11,13,25H,3-8,10,12,14-19H2,1-2H3. The van der Waals surface area contributed by atoms with Gasteiger partial charge < -0.3 is 5.11 Å². The summed E-state index contributed by atoms with van der Waals surface area (Å²) in [6, 6.07) is 6.14. The average molecular weight is 343 g/mol. The number of aromatic hydroxyl groups is 1. The van der Waals surface area contributed by atoms with E-state index in [1.165, 1.54) is 88.2 Å². The van der Waals surface area contributed by atoms with Gasteiger partial charge in [-0.15, -0.1) is 0 Å². The first-order chi connectivity index (χ1) is 12.1. The Morgan fingerprint density at radius 2 is 1.60 bits per heavy atom. The third kappa shape index (κ3) is 5.50. The molecule has 3 rings (SSSR count). The molecular formula is C24H38O. The molecule has 2 fully saturated rings. The van der Waals surface area contributed by atoms with E-state index < -0.39 is 0 Å². The molecule has 1 heteroatoms. The molecule has 2 aliphatic carbocycles. The van der Waals surface area contributed by atoms with Gasteiger partial charge in [-0.2, -0.15) is 0 Å². The van der Waals surface area contributed by atoms with Gasteiger partial charge in [0.2, 0.25) is 0 Å². The van der Waals surface area contributed by atoms with Crippen LogP contribution < -0.4 is 0 Å². The van der Waals surface area contributed by atoms with Crippen LogP contribution in [0.5, 0.6) is 5.75 Å². The van der Waals surface area contributed by atoms with Crippen molar-refractivity contribution in [2.45, 2.75) is 104 Å². The van der Waals surface area contributed by atoms with Crippen LogP contribution in [0.25, 0.3) is 0 Å². The summed E-state index contributed by atoms with van der Waals surface area (Å²) < 4.78 is 0. The number of hydrogen-bond acceptors (Lipinski definition) is 1. The fraction of sp³-hybridized carbons (Fsp3) is 0.750. The SMILES string of the molecule is CCC1(CCCCc2c(O)cccc2CCCCCC2(C)CC2)CC1. The zero-order valence-corrected chi connectivity index (χ0v) is 16.6. The Kier molecular flexibility index (Phi) is 6.12. The zero-order chi connectivity index (χ0) is 17.8. The van der Waals surface area contributed by atoms with Crippen LogP contribution in [0.3, 0.4) is 0 Å². The Hall–Kier alpha value is -0.980. The van der Waals surface area contributed by atoms with Gasteiger partial charge in [0.25, 0.3) is 0 Å². The van der Waals surface area contributed by atoms with Crippen molar-refractivity contribution < 1.29 is 5.11 Å². The van der Waals surface area contributed by atoms with Gasteiger partial charge in [0, 0.05) is 0 Å². The first-order valence-electron chi connectivity index (χ1n) is 10.9. The molecule has 0 atom stereocenters. The third-order valence-corrected chi connectivity index (χ3v) is 7.17. The lowest BCUT2D eigenvalue weighted by atomic mass is 9.92. The summed E-state index contributed by atoms with van der Waals surface area (Å²) in [6.45, 7) is 4.78. The molecule has 25 heavy (non-hydrogen) atoms. The first kappa shape index (κ1) is 18.8. The van der Waals surface area contributed by atoms with Crippen molar-refractivity contribution in [2.24, 2.45) is 10.8 Å². The minimum atomic E-state index is 0.527. The quantitative estimate of drug-likeness (QED) is 0.398. The van der Waals surface area contributed by atoms with E-state index in [0.29, 0.717) is 16.6 Å². The number of hydrogen-bond donors (Lipinski definition) is 1. The van der Waals surface area contributed by atoms with Crippen molar-refractivity contribution in [1.82, 2.24) is 0 Å². The fourth-order valence-electron chi connectivity index (χ4n) is 4.41. The van der Waals surface area contributed by atoms with E-state index in [9.17, 15) is 5.11 Å². The Morgan fingerprint density at radius 3 is 2.28 bits per heavy atom. The second-order valence-corrected chi connectivity index (χ2v) is 9.35. The van der Waals surface area contributed by atoms with E-state index in [2.05, 4.69) is 19.9 Å². The van der Waals surface area contributed by atoms with Gasteiger partial charge in [-0.1, -0.05) is 51.7 Å². The maximum atomic E-state index is 10.3. The lowest BCUT2D eigenvalue weighted by Crippen LogP contribution is -2.00. The highest BCUT2D eigenvalue weighted by Gasteiger charge is 2.39. The normalized spacial score (nSPS) is 19.8. The van der Waals surface area contributed by atoms with Crippen LogP contribution in [-0.2, 0) is 12.8 Å². The van der Waals surface area contributed by atoms with Crippen LogP contribution >= 0.6 is 0 Å². The van der Waals surface area contributed by atoms with Crippen molar-refractivity contribution in [1.29, 1.82) is 0 Å². The Morgan fingerprint density at radius 1 is 0.880 bits per heavy atom. The van der Waals surface area contributed by atoms with E-state index >= 15 is 0 Å². The number of phenolic OH excluding ortho intramolecular Hbond substituents is 1. The molecule has 0 heterocycles. The minimum absolute atomic E-state index is 0.527. The number of benzene rings is 1. The van der Waals surface area contributed by atoms with E-state index in [-0.39, 0.29) is 0 Å². The van der Waals surface area contributed by atoms with Gasteiger partial charge in [0.05, 0.1) is 0 Å². The van der Waals surface area contributed by atoms with Crippen LogP contribution in [0, 0.1) is 10.8 Å². The monoisotopic (exact) mass is 342 g/mol. The molecule has 1 N–H and O–H groups in total. The highest BCUT2D eigenvalue weighted by molar-refractivity contribution is 5.39. The Balaban J connectivity index is 1.40. The van der Waals surface area contributed by atoms with Gasteiger partial charge in [0.1, 0.15) is 5.75 Å². The van der Waals surface area contributed by atoms with Gasteiger partial charge in [-0.25, -0.2) is 0 Å². The molecule has 0 aromatic heterocycles. The Bertz CT molecular complexity index is 551. The largest absolute Gasteiger partial charge is 0.508 e. The third-order valence-electron chi connectivity index (χ3n) is 7.17. The minimum Gasteiger partial charge on any atom is -0.508 e. The van der Waals surface area contributed by atoms with E-state index in [4.69, 9.17) is 0 Å². The van der Waals surface area contributed by atoms with Crippen LogP contribution in [0.15, 0.2) is 18.2 Å². The van der Waals surface area contributed by atoms with Gasteiger partial charge in [-0.05, 0) is 92.2 Å². The summed E-state index contributed by atoms with van der Waals surface area (Å²) in [5.41, 5.74) is 4.04. The van der Waals surface area contributed by atoms with Crippen molar-refractivity contribution in [3.8, 4) is 5.75 Å². The predicted octanol–water partition coefficient (Wildman–Crippen LogP) is 7.20. The molecule has 0 amide bonds. The highest BCUT2D eigenvalue weighted by Crippen LogP contribution is 2.52. The molecule has 0 spiro atoms. The van der Waals surface area contributed by atoms with Crippen molar-refractivity contribution in [3.05, 3.63) is 29.3 Å². The maximum Gasteiger partial charge on any atom is 0.119 e. The van der Waals surface area contributed by atoms with Crippen LogP contribution in [-0.4, -0.2) is 5.11 Å². The molecular weight excluding hydrogens is 304 g/mol. The van der Waals surface area contributed by atoms with Gasteiger partial charge >= 0.3 is 0 Å². The molecule has 0 saturated heterocycles. The number of unbranched alkanes of at least 4 members (excludes halogenated alkanes) is 3. The molecule has 140 valence electrons. The molecule has 1 aromatic rings. The summed E-state index contributed by atoms with van der Waals surface area (Å²) in [4.78, 5) is 0.